The van der Waals surface area contributed by atoms with Gasteiger partial charge in [-0.05, 0) is 46.0 Å². The van der Waals surface area contributed by atoms with Gasteiger partial charge in [-0.1, -0.05) is 70.4 Å². The summed E-state index contributed by atoms with van der Waals surface area (Å²) in [7, 11) is 0. The number of carbonyl (C=O) groups excluding carboxylic acids is 3. The minimum atomic E-state index is -0.775. The topological polar surface area (TPSA) is 63.7 Å². The van der Waals surface area contributed by atoms with Crippen LogP contribution in [-0.4, -0.2) is 34.8 Å². The van der Waals surface area contributed by atoms with E-state index in [1.165, 1.54) is 62.7 Å². The zero-order chi connectivity index (χ0) is 23.0. The number of amides is 2. The second-order valence-corrected chi connectivity index (χ2v) is 9.43. The molecule has 1 rings (SSSR count). The Morgan fingerprint density at radius 2 is 1.32 bits per heavy atom. The quantitative estimate of drug-likeness (QED) is 0.107. The predicted octanol–water partition coefficient (Wildman–Crippen LogP) is 6.49. The van der Waals surface area contributed by atoms with Gasteiger partial charge in [0.15, 0.2) is 0 Å². The molecule has 0 atom stereocenters. The summed E-state index contributed by atoms with van der Waals surface area (Å²) in [5.41, 5.74) is -0.775. The van der Waals surface area contributed by atoms with Crippen LogP contribution in [0.15, 0.2) is 12.2 Å². The van der Waals surface area contributed by atoms with Crippen LogP contribution in [0, 0.1) is 0 Å². The van der Waals surface area contributed by atoms with Gasteiger partial charge < -0.3 is 4.74 Å². The van der Waals surface area contributed by atoms with E-state index in [0.29, 0.717) is 6.42 Å². The Bertz CT molecular complexity index is 552. The van der Waals surface area contributed by atoms with E-state index in [9.17, 15) is 14.4 Å². The maximum Gasteiger partial charge on any atom is 0.305 e. The molecule has 0 bridgehead atoms. The van der Waals surface area contributed by atoms with E-state index >= 15 is 0 Å². The molecule has 1 heterocycles. The van der Waals surface area contributed by atoms with Crippen molar-refractivity contribution in [2.45, 2.75) is 129 Å². The van der Waals surface area contributed by atoms with Crippen molar-refractivity contribution in [1.82, 2.24) is 4.90 Å². The number of carbonyl (C=O) groups is 3. The van der Waals surface area contributed by atoms with Crippen LogP contribution in [0.2, 0.25) is 0 Å². The maximum absolute atomic E-state index is 12.0. The Balaban J connectivity index is 1.96. The SMILES string of the molecule is CCCCCCCC/C=C\CCCCCCCC(=O)OCC(C)(C)N1C(=O)CCC1=O. The number of likely N-dealkylation sites (tertiary alicyclic amines) is 1. The molecular weight excluding hydrogens is 390 g/mol. The number of unbranched alkanes of at least 4 members (excludes halogenated alkanes) is 11. The molecule has 5 nitrogen and oxygen atoms in total. The van der Waals surface area contributed by atoms with Crippen LogP contribution in [0.25, 0.3) is 0 Å². The lowest BCUT2D eigenvalue weighted by molar-refractivity contribution is -0.155. The molecule has 0 aromatic carbocycles. The highest BCUT2D eigenvalue weighted by atomic mass is 16.5. The van der Waals surface area contributed by atoms with Gasteiger partial charge in [-0.3, -0.25) is 19.3 Å². The zero-order valence-electron chi connectivity index (χ0n) is 20.3. The Labute approximate surface area is 190 Å². The van der Waals surface area contributed by atoms with Gasteiger partial charge in [0.1, 0.15) is 6.61 Å². The van der Waals surface area contributed by atoms with Crippen molar-refractivity contribution < 1.29 is 19.1 Å². The zero-order valence-corrected chi connectivity index (χ0v) is 20.3. The van der Waals surface area contributed by atoms with Gasteiger partial charge in [0.2, 0.25) is 11.8 Å². The van der Waals surface area contributed by atoms with Crippen LogP contribution >= 0.6 is 0 Å². The number of esters is 1. The monoisotopic (exact) mass is 435 g/mol. The highest BCUT2D eigenvalue weighted by molar-refractivity contribution is 6.02. The number of ether oxygens (including phenoxy) is 1. The van der Waals surface area contributed by atoms with Crippen LogP contribution < -0.4 is 0 Å². The molecule has 0 saturated carbocycles. The Morgan fingerprint density at radius 3 is 1.87 bits per heavy atom. The van der Waals surface area contributed by atoms with Crippen LogP contribution in [0.4, 0.5) is 0 Å². The van der Waals surface area contributed by atoms with Gasteiger partial charge in [-0.15, -0.1) is 0 Å². The predicted molar refractivity (Wildman–Crippen MR) is 126 cm³/mol. The molecule has 1 aliphatic rings. The lowest BCUT2D eigenvalue weighted by atomic mass is 10.0. The van der Waals surface area contributed by atoms with Crippen LogP contribution in [-0.2, 0) is 19.1 Å². The third-order valence-corrected chi connectivity index (χ3v) is 5.89. The second-order valence-electron chi connectivity index (χ2n) is 9.43. The minimum absolute atomic E-state index is 0.0639. The normalized spacial score (nSPS) is 14.7. The molecule has 0 aromatic heterocycles. The fraction of sp³-hybridized carbons (Fsp3) is 0.808. The van der Waals surface area contributed by atoms with E-state index in [1.807, 2.05) is 0 Å². The molecule has 0 radical (unpaired) electrons. The summed E-state index contributed by atoms with van der Waals surface area (Å²) >= 11 is 0. The highest BCUT2D eigenvalue weighted by Gasteiger charge is 2.40. The molecule has 0 unspecified atom stereocenters. The van der Waals surface area contributed by atoms with Crippen molar-refractivity contribution in [3.63, 3.8) is 0 Å². The number of allylic oxidation sites excluding steroid dienone is 2. The van der Waals surface area contributed by atoms with Gasteiger partial charge in [0.25, 0.3) is 0 Å². The molecule has 5 heteroatoms. The van der Waals surface area contributed by atoms with E-state index in [-0.39, 0.29) is 37.2 Å². The summed E-state index contributed by atoms with van der Waals surface area (Å²) in [5, 5.41) is 0. The van der Waals surface area contributed by atoms with E-state index < -0.39 is 5.54 Å². The molecular formula is C26H45NO4. The number of hydrogen-bond acceptors (Lipinski definition) is 4. The number of nitrogens with zero attached hydrogens (tertiary/aromatic N) is 1. The molecule has 1 aliphatic heterocycles. The molecule has 31 heavy (non-hydrogen) atoms. The van der Waals surface area contributed by atoms with Crippen molar-refractivity contribution in [1.29, 1.82) is 0 Å². The Morgan fingerprint density at radius 1 is 0.839 bits per heavy atom. The molecule has 178 valence electrons. The van der Waals surface area contributed by atoms with Crippen molar-refractivity contribution in [2.24, 2.45) is 0 Å². The van der Waals surface area contributed by atoms with Crippen LogP contribution in [0.1, 0.15) is 124 Å². The van der Waals surface area contributed by atoms with Gasteiger partial charge in [-0.25, -0.2) is 0 Å². The molecule has 0 aromatic rings. The van der Waals surface area contributed by atoms with Gasteiger partial charge in [0.05, 0.1) is 5.54 Å². The first-order valence-corrected chi connectivity index (χ1v) is 12.5. The van der Waals surface area contributed by atoms with Gasteiger partial charge >= 0.3 is 5.97 Å². The molecule has 0 N–H and O–H groups in total. The van der Waals surface area contributed by atoms with Crippen molar-refractivity contribution in [3.05, 3.63) is 12.2 Å². The Hall–Kier alpha value is -1.65. The van der Waals surface area contributed by atoms with E-state index in [4.69, 9.17) is 4.74 Å². The van der Waals surface area contributed by atoms with Crippen molar-refractivity contribution >= 4 is 17.8 Å². The number of hydrogen-bond donors (Lipinski definition) is 0. The van der Waals surface area contributed by atoms with Crippen molar-refractivity contribution in [3.8, 4) is 0 Å². The van der Waals surface area contributed by atoms with Gasteiger partial charge in [0, 0.05) is 19.3 Å². The van der Waals surface area contributed by atoms with E-state index in [2.05, 4.69) is 19.1 Å². The summed E-state index contributed by atoms with van der Waals surface area (Å²) in [6, 6.07) is 0. The summed E-state index contributed by atoms with van der Waals surface area (Å²) in [6.07, 6.45) is 21.5. The van der Waals surface area contributed by atoms with Crippen LogP contribution in [0.5, 0.6) is 0 Å². The molecule has 1 saturated heterocycles. The van der Waals surface area contributed by atoms with Crippen molar-refractivity contribution in [2.75, 3.05) is 6.61 Å². The maximum atomic E-state index is 12.0. The van der Waals surface area contributed by atoms with E-state index in [1.54, 1.807) is 13.8 Å². The first-order chi connectivity index (χ1) is 14.9. The standard InChI is InChI=1S/C26H45NO4/c1-4-5-6-7-8-9-10-11-12-13-14-15-16-17-18-19-25(30)31-22-26(2,3)27-23(28)20-21-24(27)29/h11-12H,4-10,13-22H2,1-3H3/b12-11-. The highest BCUT2D eigenvalue weighted by Crippen LogP contribution is 2.24. The molecule has 2 amide bonds. The van der Waals surface area contributed by atoms with E-state index in [0.717, 1.165) is 25.7 Å². The summed E-state index contributed by atoms with van der Waals surface area (Å²) < 4.78 is 5.34. The lowest BCUT2D eigenvalue weighted by Crippen LogP contribution is -2.50. The lowest BCUT2D eigenvalue weighted by Gasteiger charge is -2.33. The smallest absolute Gasteiger partial charge is 0.305 e. The fourth-order valence-electron chi connectivity index (χ4n) is 3.99. The first kappa shape index (κ1) is 27.4. The minimum Gasteiger partial charge on any atom is -0.463 e. The average Bonchev–Trinajstić information content (AvgIpc) is 3.08. The summed E-state index contributed by atoms with van der Waals surface area (Å²) in [5.74, 6) is -0.601. The van der Waals surface area contributed by atoms with Crippen LogP contribution in [0.3, 0.4) is 0 Å². The third-order valence-electron chi connectivity index (χ3n) is 5.89. The first-order valence-electron chi connectivity index (χ1n) is 12.5. The average molecular weight is 436 g/mol. The number of imide groups is 1. The molecule has 1 fully saturated rings. The molecule has 0 aliphatic carbocycles. The third kappa shape index (κ3) is 12.1. The largest absolute Gasteiger partial charge is 0.463 e. The number of rotatable bonds is 18. The molecule has 0 spiro atoms. The Kier molecular flexibility index (Phi) is 14.2. The fourth-order valence-corrected chi connectivity index (χ4v) is 3.99. The summed E-state index contributed by atoms with van der Waals surface area (Å²) in [6.45, 7) is 5.85. The summed E-state index contributed by atoms with van der Waals surface area (Å²) in [4.78, 5) is 37.0. The van der Waals surface area contributed by atoms with Gasteiger partial charge in [-0.2, -0.15) is 0 Å². The second kappa shape index (κ2) is 16.0.